The highest BCUT2D eigenvalue weighted by molar-refractivity contribution is 5.31. The van der Waals surface area contributed by atoms with Crippen molar-refractivity contribution in [1.82, 2.24) is 14.7 Å². The van der Waals surface area contributed by atoms with Gasteiger partial charge in [0.15, 0.2) is 0 Å². The summed E-state index contributed by atoms with van der Waals surface area (Å²) in [6, 6.07) is 10.4. The summed E-state index contributed by atoms with van der Waals surface area (Å²) in [5, 5.41) is 4.29. The molecule has 2 heterocycles. The third-order valence-corrected chi connectivity index (χ3v) is 4.62. The second-order valence-corrected chi connectivity index (χ2v) is 6.11. The molecule has 1 saturated heterocycles. The first-order chi connectivity index (χ1) is 10.7. The standard InChI is InChI=1S/C18H25N3O/c1-15-5-3-4-6-18(15)22-14-13-21-11-8-16(9-12-21)17-7-10-19-20(17)2/h3-7,10,16H,8-9,11-14H2,1-2H3. The number of hydrogen-bond donors (Lipinski definition) is 0. The minimum absolute atomic E-state index is 0.654. The van der Waals surface area contributed by atoms with Crippen molar-refractivity contribution in [2.75, 3.05) is 26.2 Å². The molecule has 22 heavy (non-hydrogen) atoms. The Labute approximate surface area is 132 Å². The van der Waals surface area contributed by atoms with Gasteiger partial charge in [-0.05, 0) is 50.6 Å². The number of piperidine rings is 1. The Morgan fingerprint density at radius 3 is 2.64 bits per heavy atom. The van der Waals surface area contributed by atoms with E-state index in [4.69, 9.17) is 4.74 Å². The Morgan fingerprint density at radius 1 is 1.18 bits per heavy atom. The highest BCUT2D eigenvalue weighted by Crippen LogP contribution is 2.27. The predicted molar refractivity (Wildman–Crippen MR) is 88.3 cm³/mol. The van der Waals surface area contributed by atoms with Crippen molar-refractivity contribution in [3.63, 3.8) is 0 Å². The summed E-state index contributed by atoms with van der Waals surface area (Å²) in [5.74, 6) is 1.66. The lowest BCUT2D eigenvalue weighted by atomic mass is 9.93. The fourth-order valence-electron chi connectivity index (χ4n) is 3.24. The van der Waals surface area contributed by atoms with Gasteiger partial charge in [0, 0.05) is 31.4 Å². The van der Waals surface area contributed by atoms with E-state index in [1.807, 2.05) is 36.1 Å². The molecule has 0 radical (unpaired) electrons. The first-order valence-electron chi connectivity index (χ1n) is 8.13. The van der Waals surface area contributed by atoms with Crippen molar-refractivity contribution in [3.8, 4) is 5.75 Å². The van der Waals surface area contributed by atoms with E-state index in [0.29, 0.717) is 5.92 Å². The lowest BCUT2D eigenvalue weighted by molar-refractivity contribution is 0.171. The van der Waals surface area contributed by atoms with E-state index in [-0.39, 0.29) is 0 Å². The quantitative estimate of drug-likeness (QED) is 0.850. The zero-order valence-electron chi connectivity index (χ0n) is 13.5. The maximum Gasteiger partial charge on any atom is 0.122 e. The van der Waals surface area contributed by atoms with Gasteiger partial charge in [-0.3, -0.25) is 9.58 Å². The molecule has 4 heteroatoms. The summed E-state index contributed by atoms with van der Waals surface area (Å²) in [6.45, 7) is 6.16. The van der Waals surface area contributed by atoms with Gasteiger partial charge < -0.3 is 4.74 Å². The number of benzene rings is 1. The number of para-hydroxylation sites is 1. The lowest BCUT2D eigenvalue weighted by Gasteiger charge is -2.31. The zero-order chi connectivity index (χ0) is 15.4. The van der Waals surface area contributed by atoms with Crippen LogP contribution in [0.3, 0.4) is 0 Å². The van der Waals surface area contributed by atoms with Gasteiger partial charge in [-0.25, -0.2) is 0 Å². The van der Waals surface area contributed by atoms with Crippen molar-refractivity contribution < 1.29 is 4.74 Å². The number of ether oxygens (including phenoxy) is 1. The van der Waals surface area contributed by atoms with E-state index in [1.165, 1.54) is 24.1 Å². The van der Waals surface area contributed by atoms with Crippen LogP contribution in [0.4, 0.5) is 0 Å². The summed E-state index contributed by atoms with van der Waals surface area (Å²) in [4.78, 5) is 2.51. The lowest BCUT2D eigenvalue weighted by Crippen LogP contribution is -2.36. The SMILES string of the molecule is Cc1ccccc1OCCN1CCC(c2ccnn2C)CC1. The van der Waals surface area contributed by atoms with Crippen molar-refractivity contribution in [2.24, 2.45) is 7.05 Å². The summed E-state index contributed by atoms with van der Waals surface area (Å²) < 4.78 is 7.92. The predicted octanol–water partition coefficient (Wildman–Crippen LogP) is 2.99. The van der Waals surface area contributed by atoms with Crippen molar-refractivity contribution in [3.05, 3.63) is 47.8 Å². The number of nitrogens with zero attached hydrogens (tertiary/aromatic N) is 3. The number of rotatable bonds is 5. The molecule has 1 aromatic heterocycles. The monoisotopic (exact) mass is 299 g/mol. The van der Waals surface area contributed by atoms with Gasteiger partial charge in [-0.15, -0.1) is 0 Å². The summed E-state index contributed by atoms with van der Waals surface area (Å²) in [5.41, 5.74) is 2.58. The molecule has 0 amide bonds. The van der Waals surface area contributed by atoms with Crippen LogP contribution in [-0.4, -0.2) is 40.9 Å². The molecule has 3 rings (SSSR count). The van der Waals surface area contributed by atoms with Gasteiger partial charge >= 0.3 is 0 Å². The second-order valence-electron chi connectivity index (χ2n) is 6.11. The molecule has 0 bridgehead atoms. The molecule has 2 aromatic rings. The molecule has 118 valence electrons. The summed E-state index contributed by atoms with van der Waals surface area (Å²) >= 11 is 0. The van der Waals surface area contributed by atoms with Crippen LogP contribution < -0.4 is 4.74 Å². The normalized spacial score (nSPS) is 16.8. The Balaban J connectivity index is 1.43. The maximum absolute atomic E-state index is 5.90. The largest absolute Gasteiger partial charge is 0.492 e. The molecule has 0 unspecified atom stereocenters. The average molecular weight is 299 g/mol. The van der Waals surface area contributed by atoms with Crippen molar-refractivity contribution in [2.45, 2.75) is 25.7 Å². The van der Waals surface area contributed by atoms with Crippen molar-refractivity contribution >= 4 is 0 Å². The number of likely N-dealkylation sites (tertiary alicyclic amines) is 1. The van der Waals surface area contributed by atoms with Crippen LogP contribution in [0.5, 0.6) is 5.75 Å². The van der Waals surface area contributed by atoms with Crippen LogP contribution in [-0.2, 0) is 7.05 Å². The highest BCUT2D eigenvalue weighted by Gasteiger charge is 2.22. The molecule has 0 aliphatic carbocycles. The molecule has 0 spiro atoms. The second kappa shape index (κ2) is 6.97. The minimum atomic E-state index is 0.654. The van der Waals surface area contributed by atoms with Crippen LogP contribution >= 0.6 is 0 Å². The highest BCUT2D eigenvalue weighted by atomic mass is 16.5. The van der Waals surface area contributed by atoms with Gasteiger partial charge in [0.05, 0.1) is 0 Å². The first kappa shape index (κ1) is 15.1. The van der Waals surface area contributed by atoms with Crippen LogP contribution in [0.15, 0.2) is 36.5 Å². The molecule has 0 N–H and O–H groups in total. The molecular formula is C18H25N3O. The van der Waals surface area contributed by atoms with Crippen LogP contribution in [0.25, 0.3) is 0 Å². The summed E-state index contributed by atoms with van der Waals surface area (Å²) in [7, 11) is 2.04. The Hall–Kier alpha value is -1.81. The Kier molecular flexibility index (Phi) is 4.78. The van der Waals surface area contributed by atoms with E-state index < -0.39 is 0 Å². The van der Waals surface area contributed by atoms with E-state index in [0.717, 1.165) is 32.0 Å². The topological polar surface area (TPSA) is 30.3 Å². The number of aromatic nitrogens is 2. The van der Waals surface area contributed by atoms with Gasteiger partial charge in [0.2, 0.25) is 0 Å². The third-order valence-electron chi connectivity index (χ3n) is 4.62. The molecule has 1 aliphatic heterocycles. The zero-order valence-corrected chi connectivity index (χ0v) is 13.5. The third kappa shape index (κ3) is 3.50. The summed E-state index contributed by atoms with van der Waals surface area (Å²) in [6.07, 6.45) is 4.32. The minimum Gasteiger partial charge on any atom is -0.492 e. The molecule has 1 aliphatic rings. The number of hydrogen-bond acceptors (Lipinski definition) is 3. The molecule has 0 atom stereocenters. The van der Waals surface area contributed by atoms with Crippen molar-refractivity contribution in [1.29, 1.82) is 0 Å². The molecular weight excluding hydrogens is 274 g/mol. The van der Waals surface area contributed by atoms with E-state index >= 15 is 0 Å². The average Bonchev–Trinajstić information content (AvgIpc) is 2.96. The molecule has 4 nitrogen and oxygen atoms in total. The Bertz CT molecular complexity index is 600. The smallest absolute Gasteiger partial charge is 0.122 e. The fourth-order valence-corrected chi connectivity index (χ4v) is 3.24. The van der Waals surface area contributed by atoms with Crippen LogP contribution in [0.1, 0.15) is 30.0 Å². The van der Waals surface area contributed by atoms with Gasteiger partial charge in [0.25, 0.3) is 0 Å². The number of aryl methyl sites for hydroxylation is 2. The van der Waals surface area contributed by atoms with Crippen LogP contribution in [0.2, 0.25) is 0 Å². The fraction of sp³-hybridized carbons (Fsp3) is 0.500. The van der Waals surface area contributed by atoms with E-state index in [9.17, 15) is 0 Å². The Morgan fingerprint density at radius 2 is 1.95 bits per heavy atom. The van der Waals surface area contributed by atoms with Gasteiger partial charge in [-0.2, -0.15) is 5.10 Å². The molecule has 1 fully saturated rings. The van der Waals surface area contributed by atoms with E-state index in [1.54, 1.807) is 0 Å². The first-order valence-corrected chi connectivity index (χ1v) is 8.13. The molecule has 0 saturated carbocycles. The van der Waals surface area contributed by atoms with Gasteiger partial charge in [0.1, 0.15) is 12.4 Å². The van der Waals surface area contributed by atoms with Crippen LogP contribution in [0, 0.1) is 6.92 Å². The van der Waals surface area contributed by atoms with E-state index in [2.05, 4.69) is 29.1 Å². The molecule has 1 aromatic carbocycles. The van der Waals surface area contributed by atoms with Gasteiger partial charge in [-0.1, -0.05) is 18.2 Å². The maximum atomic E-state index is 5.90.